The lowest BCUT2D eigenvalue weighted by Gasteiger charge is -2.30. The summed E-state index contributed by atoms with van der Waals surface area (Å²) in [6, 6.07) is 5.79. The molecule has 8 nitrogen and oxygen atoms in total. The zero-order valence-electron chi connectivity index (χ0n) is 16.5. The van der Waals surface area contributed by atoms with Crippen LogP contribution in [0.4, 0.5) is 10.1 Å². The molecule has 3 amide bonds. The lowest BCUT2D eigenvalue weighted by Crippen LogP contribution is -2.54. The van der Waals surface area contributed by atoms with Crippen molar-refractivity contribution in [2.45, 2.75) is 46.1 Å². The van der Waals surface area contributed by atoms with E-state index < -0.39 is 18.1 Å². The van der Waals surface area contributed by atoms with Gasteiger partial charge in [0, 0.05) is 36.0 Å². The van der Waals surface area contributed by atoms with Crippen molar-refractivity contribution in [3.05, 3.63) is 30.1 Å². The number of rotatable bonds is 5. The van der Waals surface area contributed by atoms with Crippen molar-refractivity contribution in [2.75, 3.05) is 24.5 Å². The van der Waals surface area contributed by atoms with E-state index in [4.69, 9.17) is 0 Å². The SMILES string of the molecule is CC(C)N(C(=O)C[N+]1=NC2N(CCN2c2ccc(F)cc2)C(=O)C1=O)C(C)C. The maximum absolute atomic E-state index is 13.2. The first-order valence-electron chi connectivity index (χ1n) is 9.37. The van der Waals surface area contributed by atoms with Gasteiger partial charge in [-0.1, -0.05) is 0 Å². The van der Waals surface area contributed by atoms with E-state index in [1.807, 2.05) is 32.6 Å². The van der Waals surface area contributed by atoms with Crippen LogP contribution in [0.15, 0.2) is 29.4 Å². The molecule has 0 saturated carbocycles. The number of nitrogens with zero attached hydrogens (tertiary/aromatic N) is 5. The molecule has 1 unspecified atom stereocenters. The van der Waals surface area contributed by atoms with E-state index in [0.29, 0.717) is 18.8 Å². The van der Waals surface area contributed by atoms with Gasteiger partial charge in [0.1, 0.15) is 5.82 Å². The van der Waals surface area contributed by atoms with Gasteiger partial charge < -0.3 is 9.80 Å². The molecule has 0 radical (unpaired) electrons. The summed E-state index contributed by atoms with van der Waals surface area (Å²) in [4.78, 5) is 42.5. The Hall–Kier alpha value is -2.84. The molecule has 0 aromatic heterocycles. The number of azo groups is 2. The van der Waals surface area contributed by atoms with Crippen molar-refractivity contribution >= 4 is 23.4 Å². The Balaban J connectivity index is 1.88. The van der Waals surface area contributed by atoms with Crippen molar-refractivity contribution in [2.24, 2.45) is 5.11 Å². The predicted molar refractivity (Wildman–Crippen MR) is 98.9 cm³/mol. The molecular weight excluding hydrogens is 365 g/mol. The Kier molecular flexibility index (Phi) is 5.44. The van der Waals surface area contributed by atoms with E-state index in [9.17, 15) is 18.8 Å². The summed E-state index contributed by atoms with van der Waals surface area (Å²) in [5.41, 5.74) is 0.692. The molecule has 150 valence electrons. The highest BCUT2D eigenvalue weighted by atomic mass is 19.1. The lowest BCUT2D eigenvalue weighted by atomic mass is 10.2. The van der Waals surface area contributed by atoms with Crippen LogP contribution in [-0.4, -0.2) is 70.2 Å². The molecule has 0 bridgehead atoms. The number of hydrogen-bond acceptors (Lipinski definition) is 5. The van der Waals surface area contributed by atoms with Gasteiger partial charge in [-0.2, -0.15) is 0 Å². The summed E-state index contributed by atoms with van der Waals surface area (Å²) in [5, 5.41) is 4.37. The molecule has 1 saturated heterocycles. The fourth-order valence-corrected chi connectivity index (χ4v) is 3.75. The minimum absolute atomic E-state index is 0.0400. The number of benzene rings is 1. The van der Waals surface area contributed by atoms with Gasteiger partial charge in [0.15, 0.2) is 0 Å². The van der Waals surface area contributed by atoms with E-state index in [0.717, 1.165) is 4.70 Å². The molecule has 2 aliphatic heterocycles. The van der Waals surface area contributed by atoms with Crippen LogP contribution in [0.3, 0.4) is 0 Å². The molecule has 2 aliphatic rings. The van der Waals surface area contributed by atoms with Gasteiger partial charge in [0.2, 0.25) is 0 Å². The summed E-state index contributed by atoms with van der Waals surface area (Å²) >= 11 is 0. The quantitative estimate of drug-likeness (QED) is 0.563. The molecule has 0 N–H and O–H groups in total. The van der Waals surface area contributed by atoms with E-state index in [2.05, 4.69) is 5.11 Å². The van der Waals surface area contributed by atoms with Gasteiger partial charge in [-0.15, -0.1) is 0 Å². The van der Waals surface area contributed by atoms with Crippen molar-refractivity contribution in [1.29, 1.82) is 0 Å². The third-order valence-corrected chi connectivity index (χ3v) is 4.90. The molecular formula is C19H25FN5O3+. The average Bonchev–Trinajstić information content (AvgIpc) is 3.03. The molecule has 2 heterocycles. The first-order chi connectivity index (χ1) is 13.2. The second kappa shape index (κ2) is 7.65. The summed E-state index contributed by atoms with van der Waals surface area (Å²) in [5.74, 6) is -2.12. The second-order valence-corrected chi connectivity index (χ2v) is 7.48. The zero-order chi connectivity index (χ0) is 20.6. The van der Waals surface area contributed by atoms with Gasteiger partial charge in [0.05, 0.1) is 0 Å². The van der Waals surface area contributed by atoms with Crippen LogP contribution in [0.5, 0.6) is 0 Å². The smallest absolute Gasteiger partial charge is 0.332 e. The minimum Gasteiger partial charge on any atom is -0.332 e. The Morgan fingerprint density at radius 3 is 2.29 bits per heavy atom. The molecule has 1 atom stereocenters. The Bertz CT molecular complexity index is 813. The fraction of sp³-hybridized carbons (Fsp3) is 0.526. The molecule has 1 aromatic rings. The Morgan fingerprint density at radius 2 is 1.71 bits per heavy atom. The highest BCUT2D eigenvalue weighted by molar-refractivity contribution is 6.31. The first kappa shape index (κ1) is 19.9. The number of anilines is 1. The van der Waals surface area contributed by atoms with Gasteiger partial charge >= 0.3 is 11.8 Å². The van der Waals surface area contributed by atoms with Crippen LogP contribution in [0.2, 0.25) is 0 Å². The molecule has 3 rings (SSSR count). The Labute approximate surface area is 163 Å². The summed E-state index contributed by atoms with van der Waals surface area (Å²) in [7, 11) is 0. The number of carbonyl (C=O) groups is 3. The fourth-order valence-electron chi connectivity index (χ4n) is 3.75. The Morgan fingerprint density at radius 1 is 1.14 bits per heavy atom. The molecule has 28 heavy (non-hydrogen) atoms. The maximum atomic E-state index is 13.2. The summed E-state index contributed by atoms with van der Waals surface area (Å²) < 4.78 is 14.2. The van der Waals surface area contributed by atoms with Gasteiger partial charge in [-0.25, -0.2) is 9.18 Å². The van der Waals surface area contributed by atoms with Gasteiger partial charge in [0.25, 0.3) is 18.7 Å². The van der Waals surface area contributed by atoms with Crippen LogP contribution in [0.25, 0.3) is 0 Å². The lowest BCUT2D eigenvalue weighted by molar-refractivity contribution is -0.510. The minimum atomic E-state index is -0.807. The third kappa shape index (κ3) is 3.61. The number of carbonyl (C=O) groups excluding carboxylic acids is 3. The average molecular weight is 390 g/mol. The third-order valence-electron chi connectivity index (χ3n) is 4.90. The predicted octanol–water partition coefficient (Wildman–Crippen LogP) is 1.41. The normalized spacial score (nSPS) is 19.4. The van der Waals surface area contributed by atoms with E-state index in [1.165, 1.54) is 17.0 Å². The highest BCUT2D eigenvalue weighted by Crippen LogP contribution is 2.27. The topological polar surface area (TPSA) is 76.3 Å². The molecule has 0 aliphatic carbocycles. The maximum Gasteiger partial charge on any atom is 0.502 e. The van der Waals surface area contributed by atoms with Gasteiger partial charge in [-0.05, 0) is 56.7 Å². The van der Waals surface area contributed by atoms with Crippen LogP contribution in [-0.2, 0) is 14.4 Å². The number of hydrogen-bond donors (Lipinski definition) is 0. The van der Waals surface area contributed by atoms with Crippen LogP contribution in [0.1, 0.15) is 27.7 Å². The van der Waals surface area contributed by atoms with Gasteiger partial charge in [-0.3, -0.25) is 14.5 Å². The first-order valence-corrected chi connectivity index (χ1v) is 9.37. The van der Waals surface area contributed by atoms with E-state index in [1.54, 1.807) is 17.0 Å². The molecule has 1 fully saturated rings. The highest BCUT2D eigenvalue weighted by Gasteiger charge is 2.50. The summed E-state index contributed by atoms with van der Waals surface area (Å²) in [6.45, 7) is 8.09. The standard InChI is InChI=1S/C19H25FN5O3/c1-12(2)25(13(3)4)16(26)11-24-18(28)17(27)23-10-9-22(19(23)21-24)15-7-5-14(20)6-8-15/h5-8,12-13,19H,9-11H2,1-4H3/q+1. The summed E-state index contributed by atoms with van der Waals surface area (Å²) in [6.07, 6.45) is -0.727. The number of fused-ring (bicyclic) bond motifs is 1. The van der Waals surface area contributed by atoms with Crippen LogP contribution < -0.4 is 4.90 Å². The van der Waals surface area contributed by atoms with Crippen molar-refractivity contribution in [3.8, 4) is 0 Å². The molecule has 9 heteroatoms. The molecule has 1 aromatic carbocycles. The van der Waals surface area contributed by atoms with Crippen LogP contribution in [0, 0.1) is 5.82 Å². The molecule has 0 spiro atoms. The van der Waals surface area contributed by atoms with Crippen molar-refractivity contribution in [1.82, 2.24) is 9.80 Å². The van der Waals surface area contributed by atoms with Crippen molar-refractivity contribution < 1.29 is 23.5 Å². The monoisotopic (exact) mass is 390 g/mol. The number of amides is 3. The second-order valence-electron chi connectivity index (χ2n) is 7.48. The van der Waals surface area contributed by atoms with E-state index >= 15 is 0 Å². The zero-order valence-corrected chi connectivity index (χ0v) is 16.5. The van der Waals surface area contributed by atoms with Crippen LogP contribution >= 0.6 is 0 Å². The van der Waals surface area contributed by atoms with Crippen molar-refractivity contribution in [3.63, 3.8) is 0 Å². The largest absolute Gasteiger partial charge is 0.502 e. The number of halogens is 1. The van der Waals surface area contributed by atoms with E-state index in [-0.39, 0.29) is 30.4 Å².